The van der Waals surface area contributed by atoms with E-state index < -0.39 is 0 Å². The highest BCUT2D eigenvalue weighted by atomic mass is 16.1. The summed E-state index contributed by atoms with van der Waals surface area (Å²) in [6.07, 6.45) is 3.35. The summed E-state index contributed by atoms with van der Waals surface area (Å²) in [5.74, 6) is 0.441. The van der Waals surface area contributed by atoms with Gasteiger partial charge in [-0.05, 0) is 17.9 Å². The summed E-state index contributed by atoms with van der Waals surface area (Å²) in [5, 5.41) is 0. The van der Waals surface area contributed by atoms with Crippen molar-refractivity contribution in [3.05, 3.63) is 42.3 Å². The number of aldehydes is 1. The van der Waals surface area contributed by atoms with Gasteiger partial charge in [-0.3, -0.25) is 0 Å². The molecule has 1 atom stereocenters. The topological polar surface area (TPSA) is 17.1 Å². The lowest BCUT2D eigenvalue weighted by Crippen LogP contribution is -1.93. The minimum atomic E-state index is 0.441. The van der Waals surface area contributed by atoms with Crippen molar-refractivity contribution in [1.29, 1.82) is 0 Å². The van der Waals surface area contributed by atoms with Gasteiger partial charge in [0.05, 0.1) is 0 Å². The summed E-state index contributed by atoms with van der Waals surface area (Å²) < 4.78 is 0. The molecule has 0 spiro atoms. The van der Waals surface area contributed by atoms with Crippen molar-refractivity contribution in [3.8, 4) is 0 Å². The van der Waals surface area contributed by atoms with Gasteiger partial charge in [-0.1, -0.05) is 37.3 Å². The van der Waals surface area contributed by atoms with Gasteiger partial charge in [-0.25, -0.2) is 0 Å². The van der Waals surface area contributed by atoms with Gasteiger partial charge in [-0.2, -0.15) is 0 Å². The molecule has 0 aliphatic rings. The van der Waals surface area contributed by atoms with Crippen LogP contribution in [0.15, 0.2) is 30.3 Å². The molecule has 1 nitrogen and oxygen atoms in total. The van der Waals surface area contributed by atoms with Crippen molar-refractivity contribution >= 4 is 6.29 Å². The number of carbonyl (C=O) groups is 1. The Morgan fingerprint density at radius 3 is 2.58 bits per heavy atom. The summed E-state index contributed by atoms with van der Waals surface area (Å²) in [5.41, 5.74) is 1.29. The molecule has 0 heterocycles. The maximum atomic E-state index is 10.1. The number of carbonyl (C=O) groups excluding carboxylic acids is 1. The van der Waals surface area contributed by atoms with E-state index >= 15 is 0 Å². The number of hydrogen-bond acceptors (Lipinski definition) is 1. The molecule has 1 unspecified atom stereocenters. The van der Waals surface area contributed by atoms with Crippen molar-refractivity contribution in [2.75, 3.05) is 0 Å². The van der Waals surface area contributed by atoms with Crippen molar-refractivity contribution in [1.82, 2.24) is 0 Å². The summed E-state index contributed by atoms with van der Waals surface area (Å²) >= 11 is 0. The minimum absolute atomic E-state index is 0.441. The molecule has 0 bridgehead atoms. The summed E-state index contributed by atoms with van der Waals surface area (Å²) in [4.78, 5) is 10.1. The summed E-state index contributed by atoms with van der Waals surface area (Å²) in [6, 6.07) is 10.2. The van der Waals surface area contributed by atoms with E-state index in [0.29, 0.717) is 5.92 Å². The van der Waals surface area contributed by atoms with Crippen LogP contribution in [0.3, 0.4) is 0 Å². The second kappa shape index (κ2) is 4.70. The fourth-order valence-corrected chi connectivity index (χ4v) is 1.18. The third-order valence-electron chi connectivity index (χ3n) is 1.95. The van der Waals surface area contributed by atoms with Crippen molar-refractivity contribution < 1.29 is 4.79 Å². The van der Waals surface area contributed by atoms with Crippen LogP contribution in [0.4, 0.5) is 0 Å². The molecule has 0 saturated heterocycles. The lowest BCUT2D eigenvalue weighted by Gasteiger charge is -2.08. The Kier molecular flexibility index (Phi) is 3.52. The van der Waals surface area contributed by atoms with Crippen molar-refractivity contribution in [2.24, 2.45) is 0 Å². The monoisotopic (exact) mass is 161 g/mol. The molecular formula is C11H13O. The maximum absolute atomic E-state index is 10.1. The van der Waals surface area contributed by atoms with Crippen LogP contribution in [-0.4, -0.2) is 6.29 Å². The van der Waals surface area contributed by atoms with Gasteiger partial charge in [0.2, 0.25) is 0 Å². The van der Waals surface area contributed by atoms with Crippen molar-refractivity contribution in [3.63, 3.8) is 0 Å². The first-order valence-electron chi connectivity index (χ1n) is 4.16. The van der Waals surface area contributed by atoms with E-state index in [0.717, 1.165) is 12.7 Å². The highest BCUT2D eigenvalue weighted by molar-refractivity contribution is 5.60. The van der Waals surface area contributed by atoms with Crippen LogP contribution in [-0.2, 0) is 4.79 Å². The molecule has 63 valence electrons. The molecule has 1 radical (unpaired) electrons. The van der Waals surface area contributed by atoms with E-state index in [1.807, 2.05) is 18.2 Å². The van der Waals surface area contributed by atoms with E-state index in [2.05, 4.69) is 19.1 Å². The largest absolute Gasteiger partial charge is 0.303 e. The molecule has 0 N–H and O–H groups in total. The molecule has 0 fully saturated rings. The van der Waals surface area contributed by atoms with E-state index in [-0.39, 0.29) is 0 Å². The standard InChI is InChI=1S/C11H13O/c1-10(6-5-9-12)11-7-3-2-4-8-11/h2-5,7-10H,6H2,1H3. The van der Waals surface area contributed by atoms with Crippen LogP contribution in [0.1, 0.15) is 24.8 Å². The first kappa shape index (κ1) is 8.98. The second-order valence-corrected chi connectivity index (χ2v) is 2.92. The number of benzene rings is 1. The van der Waals surface area contributed by atoms with E-state index in [4.69, 9.17) is 0 Å². The van der Waals surface area contributed by atoms with Gasteiger partial charge >= 0.3 is 0 Å². The Labute approximate surface area is 73.4 Å². The van der Waals surface area contributed by atoms with E-state index in [1.54, 1.807) is 6.42 Å². The highest BCUT2D eigenvalue weighted by Crippen LogP contribution is 2.18. The van der Waals surface area contributed by atoms with Crippen LogP contribution >= 0.6 is 0 Å². The van der Waals surface area contributed by atoms with Gasteiger partial charge in [-0.15, -0.1) is 0 Å². The SMILES string of the molecule is CC(C[CH]C=O)c1ccccc1. The Morgan fingerprint density at radius 2 is 2.00 bits per heavy atom. The maximum Gasteiger partial charge on any atom is 0.123 e. The zero-order valence-electron chi connectivity index (χ0n) is 7.23. The minimum Gasteiger partial charge on any atom is -0.303 e. The Hall–Kier alpha value is -1.11. The molecule has 1 rings (SSSR count). The highest BCUT2D eigenvalue weighted by Gasteiger charge is 2.02. The number of rotatable bonds is 4. The molecule has 0 aliphatic heterocycles. The normalized spacial score (nSPS) is 12.4. The van der Waals surface area contributed by atoms with Gasteiger partial charge in [0.1, 0.15) is 6.29 Å². The van der Waals surface area contributed by atoms with Crippen LogP contribution in [0, 0.1) is 6.42 Å². The van der Waals surface area contributed by atoms with Gasteiger partial charge in [0.25, 0.3) is 0 Å². The quantitative estimate of drug-likeness (QED) is 0.620. The van der Waals surface area contributed by atoms with Gasteiger partial charge in [0.15, 0.2) is 0 Å². The molecule has 0 saturated carbocycles. The van der Waals surface area contributed by atoms with Crippen LogP contribution in [0.5, 0.6) is 0 Å². The zero-order valence-corrected chi connectivity index (χ0v) is 7.23. The first-order valence-corrected chi connectivity index (χ1v) is 4.16. The first-order chi connectivity index (χ1) is 5.84. The van der Waals surface area contributed by atoms with E-state index in [9.17, 15) is 4.79 Å². The zero-order chi connectivity index (χ0) is 8.81. The lowest BCUT2D eigenvalue weighted by atomic mass is 9.97. The fourth-order valence-electron chi connectivity index (χ4n) is 1.18. The van der Waals surface area contributed by atoms with Gasteiger partial charge < -0.3 is 4.79 Å². The fraction of sp³-hybridized carbons (Fsp3) is 0.273. The van der Waals surface area contributed by atoms with Crippen LogP contribution < -0.4 is 0 Å². The lowest BCUT2D eigenvalue weighted by molar-refractivity contribution is -0.105. The van der Waals surface area contributed by atoms with E-state index in [1.165, 1.54) is 5.56 Å². The van der Waals surface area contributed by atoms with Crippen molar-refractivity contribution in [2.45, 2.75) is 19.3 Å². The molecule has 0 amide bonds. The molecule has 0 aromatic heterocycles. The summed E-state index contributed by atoms with van der Waals surface area (Å²) in [7, 11) is 0. The average Bonchev–Trinajstić information content (AvgIpc) is 2.15. The molecule has 0 aliphatic carbocycles. The average molecular weight is 161 g/mol. The second-order valence-electron chi connectivity index (χ2n) is 2.92. The third kappa shape index (κ3) is 2.50. The Balaban J connectivity index is 2.53. The molecule has 1 heteroatoms. The predicted octanol–water partition coefficient (Wildman–Crippen LogP) is 2.58. The Bertz CT molecular complexity index is 228. The molecule has 1 aromatic rings. The molecule has 12 heavy (non-hydrogen) atoms. The van der Waals surface area contributed by atoms with Gasteiger partial charge in [0, 0.05) is 6.42 Å². The molecule has 1 aromatic carbocycles. The van der Waals surface area contributed by atoms with Crippen LogP contribution in [0.2, 0.25) is 0 Å². The smallest absolute Gasteiger partial charge is 0.123 e. The summed E-state index contributed by atoms with van der Waals surface area (Å²) in [6.45, 7) is 2.12. The Morgan fingerprint density at radius 1 is 1.33 bits per heavy atom. The third-order valence-corrected chi connectivity index (χ3v) is 1.95. The number of hydrogen-bond donors (Lipinski definition) is 0. The predicted molar refractivity (Wildman–Crippen MR) is 49.8 cm³/mol. The van der Waals surface area contributed by atoms with Crippen LogP contribution in [0.25, 0.3) is 0 Å². The molecular weight excluding hydrogens is 148 g/mol.